The van der Waals surface area contributed by atoms with Gasteiger partial charge in [-0.3, -0.25) is 10.3 Å². The highest BCUT2D eigenvalue weighted by Crippen LogP contribution is 2.38. The number of hydrogen-bond acceptors (Lipinski definition) is 6. The van der Waals surface area contributed by atoms with Crippen molar-refractivity contribution in [3.8, 4) is 11.5 Å². The van der Waals surface area contributed by atoms with Crippen molar-refractivity contribution in [2.45, 2.75) is 25.2 Å². The molecule has 2 aliphatic heterocycles. The summed E-state index contributed by atoms with van der Waals surface area (Å²) < 4.78 is 35.2. The topological polar surface area (TPSA) is 73.9 Å². The van der Waals surface area contributed by atoms with Crippen molar-refractivity contribution < 1.29 is 22.7 Å². The maximum atomic E-state index is 12.4. The Morgan fingerprint density at radius 2 is 1.95 bits per heavy atom. The van der Waals surface area contributed by atoms with E-state index in [0.717, 1.165) is 0 Å². The van der Waals surface area contributed by atoms with Gasteiger partial charge in [-0.2, -0.15) is 0 Å². The Labute approximate surface area is 127 Å². The number of rotatable bonds is 3. The summed E-state index contributed by atoms with van der Waals surface area (Å²) in [7, 11) is -3.58. The van der Waals surface area contributed by atoms with Crippen LogP contribution in [0.1, 0.15) is 19.4 Å². The molecule has 0 aliphatic carbocycles. The summed E-state index contributed by atoms with van der Waals surface area (Å²) in [5, 5.41) is 0.364. The number of fused-ring (bicyclic) bond motifs is 1. The minimum absolute atomic E-state index is 0.0428. The highest BCUT2D eigenvalue weighted by Gasteiger charge is 2.32. The summed E-state index contributed by atoms with van der Waals surface area (Å²) in [6.07, 6.45) is 1.53. The molecule has 0 unspecified atom stereocenters. The van der Waals surface area contributed by atoms with Gasteiger partial charge < -0.3 is 9.47 Å². The summed E-state index contributed by atoms with van der Waals surface area (Å²) in [4.78, 5) is 5.18. The molecule has 1 N–H and O–H groups in total. The van der Waals surface area contributed by atoms with Gasteiger partial charge in [0.1, 0.15) is 5.60 Å². The number of ether oxygens (including phenoxy) is 2. The third-order valence-corrected chi connectivity index (χ3v) is 5.03. The van der Waals surface area contributed by atoms with Gasteiger partial charge in [0.05, 0.1) is 5.75 Å². The van der Waals surface area contributed by atoms with Crippen molar-refractivity contribution in [1.82, 2.24) is 5.48 Å². The molecule has 2 heterocycles. The van der Waals surface area contributed by atoms with Crippen LogP contribution in [0.15, 0.2) is 23.2 Å². The van der Waals surface area contributed by atoms with Crippen LogP contribution in [0.5, 0.6) is 11.5 Å². The molecule has 0 atom stereocenters. The molecule has 0 saturated heterocycles. The van der Waals surface area contributed by atoms with Gasteiger partial charge in [0.15, 0.2) is 26.4 Å². The summed E-state index contributed by atoms with van der Waals surface area (Å²) >= 11 is 6.11. The third-order valence-electron chi connectivity index (χ3n) is 3.12. The normalized spacial score (nSPS) is 19.3. The summed E-state index contributed by atoms with van der Waals surface area (Å²) in [5.74, 6) is 0.763. The van der Waals surface area contributed by atoms with Crippen molar-refractivity contribution >= 4 is 21.4 Å². The van der Waals surface area contributed by atoms with E-state index >= 15 is 0 Å². The van der Waals surface area contributed by atoms with Crippen molar-refractivity contribution in [3.05, 3.63) is 33.8 Å². The lowest BCUT2D eigenvalue weighted by molar-refractivity contribution is -0.0129. The number of hydrogen-bond donors (Lipinski definition) is 1. The van der Waals surface area contributed by atoms with Crippen molar-refractivity contribution in [2.24, 2.45) is 0 Å². The average Bonchev–Trinajstić information content (AvgIpc) is 2.95. The van der Waals surface area contributed by atoms with Crippen LogP contribution in [0.4, 0.5) is 0 Å². The Kier molecular flexibility index (Phi) is 3.31. The Hall–Kier alpha value is -1.44. The van der Waals surface area contributed by atoms with E-state index in [1.54, 1.807) is 26.0 Å². The lowest BCUT2D eigenvalue weighted by atomic mass is 10.1. The lowest BCUT2D eigenvalue weighted by Gasteiger charge is -2.11. The fourth-order valence-corrected chi connectivity index (χ4v) is 3.80. The molecule has 1 aromatic rings. The molecule has 21 heavy (non-hydrogen) atoms. The van der Waals surface area contributed by atoms with E-state index in [4.69, 9.17) is 25.9 Å². The molecule has 0 saturated carbocycles. The second-order valence-electron chi connectivity index (χ2n) is 5.37. The van der Waals surface area contributed by atoms with Crippen LogP contribution >= 0.6 is 11.6 Å². The fraction of sp³-hybridized carbons (Fsp3) is 0.385. The quantitative estimate of drug-likeness (QED) is 0.914. The zero-order valence-electron chi connectivity index (χ0n) is 11.5. The molecule has 2 aliphatic rings. The first-order valence-electron chi connectivity index (χ1n) is 6.24. The Morgan fingerprint density at radius 3 is 2.57 bits per heavy atom. The highest BCUT2D eigenvalue weighted by atomic mass is 35.5. The van der Waals surface area contributed by atoms with Gasteiger partial charge in [0, 0.05) is 11.1 Å². The molecule has 114 valence electrons. The first-order chi connectivity index (χ1) is 9.77. The minimum Gasteiger partial charge on any atom is -0.454 e. The molecular formula is C13H14ClNO5S. The van der Waals surface area contributed by atoms with E-state index in [1.807, 2.05) is 0 Å². The maximum Gasteiger partial charge on any atom is 0.231 e. The number of sulfone groups is 1. The lowest BCUT2D eigenvalue weighted by Crippen LogP contribution is -2.22. The molecule has 0 spiro atoms. The molecule has 8 heteroatoms. The second-order valence-corrected chi connectivity index (χ2v) is 7.74. The summed E-state index contributed by atoms with van der Waals surface area (Å²) in [6, 6.07) is 3.15. The monoisotopic (exact) mass is 331 g/mol. The number of hydroxylamine groups is 1. The first-order valence-corrected chi connectivity index (χ1v) is 8.27. The number of halogens is 1. The van der Waals surface area contributed by atoms with Gasteiger partial charge in [-0.15, -0.1) is 0 Å². The van der Waals surface area contributed by atoms with E-state index < -0.39 is 15.4 Å². The zero-order valence-corrected chi connectivity index (χ0v) is 13.0. The van der Waals surface area contributed by atoms with Gasteiger partial charge >= 0.3 is 0 Å². The number of nitrogens with one attached hydrogen (secondary N) is 1. The SMILES string of the molecule is CC1(C)C=C(S(=O)(=O)Cc2cc3c(cc2Cl)OCO3)NO1. The van der Waals surface area contributed by atoms with Gasteiger partial charge in [-0.1, -0.05) is 11.6 Å². The number of benzene rings is 1. The Bertz CT molecular complexity index is 726. The van der Waals surface area contributed by atoms with Crippen molar-refractivity contribution in [1.29, 1.82) is 0 Å². The van der Waals surface area contributed by atoms with Crippen LogP contribution < -0.4 is 15.0 Å². The summed E-state index contributed by atoms with van der Waals surface area (Å²) in [6.45, 7) is 3.63. The van der Waals surface area contributed by atoms with Crippen LogP contribution in [0.2, 0.25) is 5.02 Å². The fourth-order valence-electron chi connectivity index (χ4n) is 2.06. The standard InChI is InChI=1S/C13H14ClNO5S/c1-13(2)5-12(15-20-13)21(16,17)6-8-3-10-11(4-9(8)14)19-7-18-10/h3-5,15H,6-7H2,1-2H3. The van der Waals surface area contributed by atoms with E-state index in [9.17, 15) is 8.42 Å². The molecule has 0 radical (unpaired) electrons. The Balaban J connectivity index is 1.90. The first kappa shape index (κ1) is 14.5. The molecule has 1 aromatic carbocycles. The minimum atomic E-state index is -3.58. The maximum absolute atomic E-state index is 12.4. The third kappa shape index (κ3) is 2.81. The van der Waals surface area contributed by atoms with Gasteiger partial charge in [-0.25, -0.2) is 8.42 Å². The van der Waals surface area contributed by atoms with Crippen LogP contribution in [0.25, 0.3) is 0 Å². The Morgan fingerprint density at radius 1 is 1.29 bits per heavy atom. The van der Waals surface area contributed by atoms with Crippen LogP contribution in [-0.4, -0.2) is 20.8 Å². The molecule has 0 fully saturated rings. The second kappa shape index (κ2) is 4.79. The van der Waals surface area contributed by atoms with E-state index in [2.05, 4.69) is 5.48 Å². The van der Waals surface area contributed by atoms with Gasteiger partial charge in [-0.05, 0) is 31.6 Å². The predicted molar refractivity (Wildman–Crippen MR) is 76.6 cm³/mol. The molecule has 6 nitrogen and oxygen atoms in total. The van der Waals surface area contributed by atoms with Crippen LogP contribution in [0, 0.1) is 0 Å². The molecule has 3 rings (SSSR count). The zero-order chi connectivity index (χ0) is 15.3. The van der Waals surface area contributed by atoms with E-state index in [1.165, 1.54) is 6.08 Å². The van der Waals surface area contributed by atoms with Crippen molar-refractivity contribution in [2.75, 3.05) is 6.79 Å². The molecular weight excluding hydrogens is 318 g/mol. The molecule has 0 amide bonds. The van der Waals surface area contributed by atoms with Crippen LogP contribution in [0.3, 0.4) is 0 Å². The van der Waals surface area contributed by atoms with Gasteiger partial charge in [0.2, 0.25) is 6.79 Å². The molecule has 0 aromatic heterocycles. The molecule has 0 bridgehead atoms. The summed E-state index contributed by atoms with van der Waals surface area (Å²) in [5.41, 5.74) is 2.24. The highest BCUT2D eigenvalue weighted by molar-refractivity contribution is 7.94. The van der Waals surface area contributed by atoms with Gasteiger partial charge in [0.25, 0.3) is 0 Å². The predicted octanol–water partition coefficient (Wildman–Crippen LogP) is 2.14. The van der Waals surface area contributed by atoms with Crippen LogP contribution in [-0.2, 0) is 20.4 Å². The van der Waals surface area contributed by atoms with E-state index in [-0.39, 0.29) is 17.6 Å². The smallest absolute Gasteiger partial charge is 0.231 e. The van der Waals surface area contributed by atoms with E-state index in [0.29, 0.717) is 22.1 Å². The largest absolute Gasteiger partial charge is 0.454 e. The van der Waals surface area contributed by atoms with Crippen molar-refractivity contribution in [3.63, 3.8) is 0 Å². The average molecular weight is 332 g/mol.